The molecular formula is C22H34N2O. The van der Waals surface area contributed by atoms with E-state index in [0.717, 1.165) is 12.5 Å². The second kappa shape index (κ2) is 7.11. The molecule has 3 nitrogen and oxygen atoms in total. The molecule has 1 aromatic carbocycles. The molecule has 2 fully saturated rings. The highest BCUT2D eigenvalue weighted by atomic mass is 16.1. The Hall–Kier alpha value is -1.35. The third kappa shape index (κ3) is 3.36. The Labute approximate surface area is 153 Å². The monoisotopic (exact) mass is 342 g/mol. The number of nitrogens with zero attached hydrogens (tertiary/aromatic N) is 1. The summed E-state index contributed by atoms with van der Waals surface area (Å²) in [5, 5.41) is 3.17. The summed E-state index contributed by atoms with van der Waals surface area (Å²) in [7, 11) is 0. The van der Waals surface area contributed by atoms with Gasteiger partial charge in [-0.1, -0.05) is 43.5 Å². The molecule has 0 bridgehead atoms. The maximum atomic E-state index is 11.6. The van der Waals surface area contributed by atoms with Crippen LogP contribution in [0.25, 0.3) is 0 Å². The van der Waals surface area contributed by atoms with Crippen LogP contribution in [0.3, 0.4) is 0 Å². The molecule has 1 N–H and O–H groups in total. The second-order valence-electron chi connectivity index (χ2n) is 8.49. The predicted molar refractivity (Wildman–Crippen MR) is 104 cm³/mol. The third-order valence-electron chi connectivity index (χ3n) is 7.04. The molecule has 1 atom stereocenters. The maximum Gasteiger partial charge on any atom is 0.217 e. The van der Waals surface area contributed by atoms with E-state index < -0.39 is 0 Å². The summed E-state index contributed by atoms with van der Waals surface area (Å²) in [5.74, 6) is 0.0860. The van der Waals surface area contributed by atoms with Crippen molar-refractivity contribution in [3.05, 3.63) is 35.4 Å². The summed E-state index contributed by atoms with van der Waals surface area (Å²) in [4.78, 5) is 14.4. The summed E-state index contributed by atoms with van der Waals surface area (Å²) in [6.45, 7) is 4.14. The summed E-state index contributed by atoms with van der Waals surface area (Å²) >= 11 is 0. The van der Waals surface area contributed by atoms with E-state index in [0.29, 0.717) is 5.41 Å². The van der Waals surface area contributed by atoms with E-state index in [1.54, 1.807) is 6.92 Å². The third-order valence-corrected chi connectivity index (χ3v) is 7.04. The van der Waals surface area contributed by atoms with Crippen molar-refractivity contribution in [3.8, 4) is 0 Å². The zero-order valence-corrected chi connectivity index (χ0v) is 15.6. The Morgan fingerprint density at radius 1 is 1.08 bits per heavy atom. The van der Waals surface area contributed by atoms with Gasteiger partial charge in [-0.05, 0) is 68.2 Å². The molecule has 0 radical (unpaired) electrons. The number of benzene rings is 1. The number of fused-ring (bicyclic) bond motifs is 2. The quantitative estimate of drug-likeness (QED) is 0.854. The number of hydrogen-bond donors (Lipinski definition) is 1. The van der Waals surface area contributed by atoms with Gasteiger partial charge in [-0.2, -0.15) is 0 Å². The Kier molecular flexibility index (Phi) is 4.86. The van der Waals surface area contributed by atoms with Gasteiger partial charge in [0.05, 0.1) is 6.04 Å². The molecule has 0 aromatic heterocycles. The molecule has 1 aromatic rings. The summed E-state index contributed by atoms with van der Waals surface area (Å²) in [5.41, 5.74) is 3.23. The molecule has 1 aliphatic heterocycles. The lowest BCUT2D eigenvalue weighted by Crippen LogP contribution is -2.49. The van der Waals surface area contributed by atoms with Crippen LogP contribution < -0.4 is 5.32 Å². The van der Waals surface area contributed by atoms with Crippen LogP contribution in [0.15, 0.2) is 24.3 Å². The van der Waals surface area contributed by atoms with Gasteiger partial charge in [0.15, 0.2) is 0 Å². The van der Waals surface area contributed by atoms with Crippen LogP contribution in [0.4, 0.5) is 0 Å². The first-order valence-corrected chi connectivity index (χ1v) is 10.3. The maximum absolute atomic E-state index is 11.6. The van der Waals surface area contributed by atoms with E-state index in [1.807, 2.05) is 0 Å². The van der Waals surface area contributed by atoms with Crippen LogP contribution in [0.2, 0.25) is 0 Å². The van der Waals surface area contributed by atoms with Crippen LogP contribution in [-0.2, 0) is 10.2 Å². The van der Waals surface area contributed by atoms with Crippen LogP contribution >= 0.6 is 0 Å². The van der Waals surface area contributed by atoms with Gasteiger partial charge in [0.1, 0.15) is 0 Å². The van der Waals surface area contributed by atoms with Gasteiger partial charge in [-0.3, -0.25) is 4.79 Å². The molecule has 1 unspecified atom stereocenters. The van der Waals surface area contributed by atoms with Gasteiger partial charge in [0, 0.05) is 14.4 Å². The fraction of sp³-hybridized carbons (Fsp3) is 0.682. The average Bonchev–Trinajstić information content (AvgIpc) is 2.66. The number of piperidine rings is 1. The predicted octanol–water partition coefficient (Wildman–Crippen LogP) is 4.57. The number of likely N-dealkylation sites (tertiary alicyclic amines) is 1. The molecule has 25 heavy (non-hydrogen) atoms. The molecule has 1 saturated heterocycles. The van der Waals surface area contributed by atoms with Gasteiger partial charge in [-0.25, -0.2) is 0 Å². The van der Waals surface area contributed by atoms with E-state index in [2.05, 4.69) is 34.5 Å². The Morgan fingerprint density at radius 2 is 1.80 bits per heavy atom. The molecule has 1 spiro atoms. The first-order valence-electron chi connectivity index (χ1n) is 10.3. The van der Waals surface area contributed by atoms with E-state index >= 15 is 0 Å². The highest BCUT2D eigenvalue weighted by Crippen LogP contribution is 2.48. The van der Waals surface area contributed by atoms with Crippen LogP contribution in [0.1, 0.15) is 83.3 Å². The van der Waals surface area contributed by atoms with Gasteiger partial charge < -0.3 is 10.2 Å². The minimum atomic E-state index is 0. The smallest absolute Gasteiger partial charge is 0.217 e. The lowest BCUT2D eigenvalue weighted by atomic mass is 9.63. The lowest BCUT2D eigenvalue weighted by molar-refractivity contribution is -0.119. The van der Waals surface area contributed by atoms with E-state index in [1.165, 1.54) is 75.6 Å². The van der Waals surface area contributed by atoms with Gasteiger partial charge in [0.25, 0.3) is 0 Å². The number of nitrogens with one attached hydrogen (secondary N) is 1. The molecule has 1 saturated carbocycles. The highest BCUT2D eigenvalue weighted by molar-refractivity contribution is 5.73. The molecule has 3 heteroatoms. The molecule has 2 aliphatic carbocycles. The van der Waals surface area contributed by atoms with E-state index in [-0.39, 0.29) is 13.4 Å². The second-order valence-corrected chi connectivity index (χ2v) is 8.49. The molecule has 1 amide bonds. The molecule has 4 rings (SSSR count). The first-order chi connectivity index (χ1) is 12.2. The Bertz CT molecular complexity index is 618. The number of carbonyl (C=O) groups is 1. The summed E-state index contributed by atoms with van der Waals surface area (Å²) in [6, 6.07) is 9.94. The molecular weight excluding hydrogens is 308 g/mol. The van der Waals surface area contributed by atoms with E-state index in [4.69, 9.17) is 0 Å². The average molecular weight is 343 g/mol. The van der Waals surface area contributed by atoms with Crippen molar-refractivity contribution in [3.63, 3.8) is 0 Å². The zero-order chi connectivity index (χ0) is 17.3. The summed E-state index contributed by atoms with van der Waals surface area (Å²) < 4.78 is 0. The molecule has 1 heterocycles. The first kappa shape index (κ1) is 17.1. The van der Waals surface area contributed by atoms with Crippen molar-refractivity contribution in [2.75, 3.05) is 13.1 Å². The molecule has 138 valence electrons. The van der Waals surface area contributed by atoms with Crippen LogP contribution in [-0.4, -0.2) is 29.9 Å². The SMILES string of the molecule is CC(=O)NC1CCC2(CCN(C3CCCCC3)CC2)c2ccccc21.[HH]. The Balaban J connectivity index is 0.00000196. The van der Waals surface area contributed by atoms with E-state index in [9.17, 15) is 4.79 Å². The number of hydrogen-bond acceptors (Lipinski definition) is 2. The Morgan fingerprint density at radius 3 is 2.52 bits per heavy atom. The topological polar surface area (TPSA) is 32.3 Å². The van der Waals surface area contributed by atoms with Crippen molar-refractivity contribution < 1.29 is 6.22 Å². The van der Waals surface area contributed by atoms with Crippen molar-refractivity contribution in [1.29, 1.82) is 0 Å². The largest absolute Gasteiger partial charge is 0.350 e. The van der Waals surface area contributed by atoms with Crippen molar-refractivity contribution in [1.82, 2.24) is 10.2 Å². The van der Waals surface area contributed by atoms with Gasteiger partial charge >= 0.3 is 0 Å². The minimum Gasteiger partial charge on any atom is -0.350 e. The number of carbonyl (C=O) groups excluding carboxylic acids is 1. The van der Waals surface area contributed by atoms with Crippen LogP contribution in [0.5, 0.6) is 0 Å². The van der Waals surface area contributed by atoms with Crippen LogP contribution in [0, 0.1) is 0 Å². The fourth-order valence-electron chi connectivity index (χ4n) is 5.67. The van der Waals surface area contributed by atoms with Crippen molar-refractivity contribution in [2.24, 2.45) is 0 Å². The highest BCUT2D eigenvalue weighted by Gasteiger charge is 2.42. The fourth-order valence-corrected chi connectivity index (χ4v) is 5.67. The van der Waals surface area contributed by atoms with Gasteiger partial charge in [0.2, 0.25) is 5.91 Å². The number of amides is 1. The standard InChI is InChI=1S/C22H32N2O.H2/c1-17(25)23-21-11-12-22(20-10-6-5-9-19(20)21)13-15-24(16-14-22)18-7-3-2-4-8-18;/h5-6,9-10,18,21H,2-4,7-8,11-16H2,1H3,(H,23,25);1H. The molecule has 3 aliphatic rings. The van der Waals surface area contributed by atoms with Crippen molar-refractivity contribution in [2.45, 2.75) is 82.2 Å². The van der Waals surface area contributed by atoms with Crippen molar-refractivity contribution >= 4 is 5.91 Å². The summed E-state index contributed by atoms with van der Waals surface area (Å²) in [6.07, 6.45) is 12.0. The number of rotatable bonds is 2. The minimum absolute atomic E-state index is 0. The van der Waals surface area contributed by atoms with Gasteiger partial charge in [-0.15, -0.1) is 0 Å². The zero-order valence-electron chi connectivity index (χ0n) is 15.6. The lowest BCUT2D eigenvalue weighted by Gasteiger charge is -2.49. The normalized spacial score (nSPS) is 27.0.